The normalized spacial score (nSPS) is 13.3. The number of unbranched alkanes of at least 4 members (excludes halogenated alkanes) is 40. The number of quaternary nitrogens is 1. The van der Waals surface area contributed by atoms with Crippen molar-refractivity contribution in [1.29, 1.82) is 0 Å². The highest BCUT2D eigenvalue weighted by Crippen LogP contribution is 2.19. The fourth-order valence-electron chi connectivity index (χ4n) is 11.6. The van der Waals surface area contributed by atoms with Gasteiger partial charge in [-0.05, 0) is 103 Å². The summed E-state index contributed by atoms with van der Waals surface area (Å²) in [6.45, 7) is 4.69. The fourth-order valence-corrected chi connectivity index (χ4v) is 11.6. The zero-order valence-corrected chi connectivity index (χ0v) is 64.0. The lowest BCUT2D eigenvalue weighted by atomic mass is 10.0. The molecule has 0 amide bonds. The summed E-state index contributed by atoms with van der Waals surface area (Å²) in [5, 5.41) is 9.78. The molecule has 2 atom stereocenters. The number of hydrogen-bond acceptors (Lipinski definition) is 7. The number of esters is 2. The molecule has 0 aromatic rings. The molecule has 558 valence electrons. The average Bonchev–Trinajstić information content (AvgIpc) is 3.11. The minimum absolute atomic E-state index is 0.181. The Bertz CT molecular complexity index is 2020. The third-order valence-electron chi connectivity index (χ3n) is 17.7. The largest absolute Gasteiger partial charge is 0.477 e. The third kappa shape index (κ3) is 78.9. The maximum Gasteiger partial charge on any atom is 0.361 e. The molecule has 0 spiro atoms. The van der Waals surface area contributed by atoms with Crippen LogP contribution in [0.5, 0.6) is 0 Å². The van der Waals surface area contributed by atoms with Crippen molar-refractivity contribution >= 4 is 17.9 Å². The number of carboxylic acids is 1. The summed E-state index contributed by atoms with van der Waals surface area (Å²) in [6, 6.07) is 0. The number of likely N-dealkylation sites (N-methyl/N-ethyl adjacent to an activating group) is 1. The van der Waals surface area contributed by atoms with Crippen molar-refractivity contribution in [3.8, 4) is 0 Å². The topological polar surface area (TPSA) is 108 Å². The lowest BCUT2D eigenvalue weighted by Crippen LogP contribution is -2.40. The second-order valence-electron chi connectivity index (χ2n) is 28.3. The maximum atomic E-state index is 13.0. The van der Waals surface area contributed by atoms with Crippen LogP contribution < -0.4 is 0 Å². The number of carbonyl (C=O) groups is 3. The zero-order valence-electron chi connectivity index (χ0n) is 64.0. The van der Waals surface area contributed by atoms with Gasteiger partial charge in [0.1, 0.15) is 13.2 Å². The Morgan fingerprint density at radius 2 is 0.557 bits per heavy atom. The number of hydrogen-bond donors (Lipinski definition) is 1. The summed E-state index contributed by atoms with van der Waals surface area (Å²) < 4.78 is 23.1. The minimum Gasteiger partial charge on any atom is -0.477 e. The van der Waals surface area contributed by atoms with Crippen LogP contribution in [0.2, 0.25) is 0 Å². The van der Waals surface area contributed by atoms with Crippen molar-refractivity contribution in [3.63, 3.8) is 0 Å². The Balaban J connectivity index is 3.99. The van der Waals surface area contributed by atoms with Crippen LogP contribution in [0.1, 0.15) is 361 Å². The second kappa shape index (κ2) is 77.4. The number of carboxylic acid groups (broad SMARTS) is 1. The summed E-state index contributed by atoms with van der Waals surface area (Å²) in [4.78, 5) is 37.8. The van der Waals surface area contributed by atoms with E-state index in [0.29, 0.717) is 17.4 Å². The first-order chi connectivity index (χ1) is 47.6. The van der Waals surface area contributed by atoms with Crippen LogP contribution in [0.4, 0.5) is 0 Å². The van der Waals surface area contributed by atoms with Crippen molar-refractivity contribution in [3.05, 3.63) is 122 Å². The first-order valence-electron chi connectivity index (χ1n) is 40.7. The predicted octanol–water partition coefficient (Wildman–Crippen LogP) is 26.3. The lowest BCUT2D eigenvalue weighted by molar-refractivity contribution is -0.870. The van der Waals surface area contributed by atoms with Gasteiger partial charge in [-0.2, -0.15) is 0 Å². The molecule has 0 heterocycles. The Hall–Kier alpha value is -4.31. The van der Waals surface area contributed by atoms with Crippen LogP contribution in [0.15, 0.2) is 122 Å². The van der Waals surface area contributed by atoms with Crippen LogP contribution in [0, 0.1) is 0 Å². The molecule has 0 aliphatic heterocycles. The van der Waals surface area contributed by atoms with Gasteiger partial charge in [0.2, 0.25) is 0 Å². The van der Waals surface area contributed by atoms with Crippen LogP contribution >= 0.6 is 0 Å². The minimum atomic E-state index is -1.51. The smallest absolute Gasteiger partial charge is 0.361 e. The van der Waals surface area contributed by atoms with Gasteiger partial charge in [0.25, 0.3) is 6.29 Å². The van der Waals surface area contributed by atoms with E-state index in [0.717, 1.165) is 103 Å². The van der Waals surface area contributed by atoms with Crippen molar-refractivity contribution in [2.45, 2.75) is 373 Å². The molecule has 0 aromatic carbocycles. The molecule has 0 saturated carbocycles. The van der Waals surface area contributed by atoms with E-state index in [1.54, 1.807) is 0 Å². The summed E-state index contributed by atoms with van der Waals surface area (Å²) >= 11 is 0. The van der Waals surface area contributed by atoms with E-state index in [-0.39, 0.29) is 38.2 Å². The predicted molar refractivity (Wildman–Crippen MR) is 419 cm³/mol. The van der Waals surface area contributed by atoms with Gasteiger partial charge in [-0.15, -0.1) is 0 Å². The quantitative estimate of drug-likeness (QED) is 0.0211. The zero-order chi connectivity index (χ0) is 70.4. The van der Waals surface area contributed by atoms with Crippen molar-refractivity contribution in [2.75, 3.05) is 47.5 Å². The average molecular weight is 1350 g/mol. The number of rotatable bonds is 75. The van der Waals surface area contributed by atoms with Crippen LogP contribution in [-0.2, 0) is 33.3 Å². The summed E-state index contributed by atoms with van der Waals surface area (Å²) in [7, 11) is 5.99. The van der Waals surface area contributed by atoms with Gasteiger partial charge < -0.3 is 28.5 Å². The van der Waals surface area contributed by atoms with E-state index in [1.165, 1.54) is 231 Å². The molecule has 9 nitrogen and oxygen atoms in total. The monoisotopic (exact) mass is 1350 g/mol. The van der Waals surface area contributed by atoms with Crippen LogP contribution in [-0.4, -0.2) is 87.4 Å². The molecule has 0 bridgehead atoms. The lowest BCUT2D eigenvalue weighted by Gasteiger charge is -2.25. The Labute approximate surface area is 599 Å². The molecule has 0 saturated heterocycles. The molecule has 97 heavy (non-hydrogen) atoms. The van der Waals surface area contributed by atoms with Crippen molar-refractivity contribution in [1.82, 2.24) is 0 Å². The Kier molecular flexibility index (Phi) is 74.0. The molecule has 0 aliphatic rings. The van der Waals surface area contributed by atoms with Crippen LogP contribution in [0.25, 0.3) is 0 Å². The molecule has 0 radical (unpaired) electrons. The van der Waals surface area contributed by atoms with Gasteiger partial charge in [-0.3, -0.25) is 9.59 Å². The summed E-state index contributed by atoms with van der Waals surface area (Å²) in [5.74, 6) is -1.99. The van der Waals surface area contributed by atoms with Crippen molar-refractivity contribution in [2.24, 2.45) is 0 Å². The molecule has 0 aromatic heterocycles. The molecule has 0 rings (SSSR count). The Morgan fingerprint density at radius 1 is 0.309 bits per heavy atom. The SMILES string of the molecule is CC/C=C\C/C=C\C/C=C\C/C=C\C/C=C\C/C=C\CCCCCCCCCCCCCCCCCCCCC(=O)OC(COC(=O)CCCCCCCCCCCCCCCCCCCCCCCC/C=C\C/C=C\C/C=C\C/C=C\CC)COC(OCC[N+](C)(C)C)C(=O)O. The first-order valence-corrected chi connectivity index (χ1v) is 40.7. The highest BCUT2D eigenvalue weighted by Gasteiger charge is 2.25. The van der Waals surface area contributed by atoms with E-state index >= 15 is 0 Å². The van der Waals surface area contributed by atoms with E-state index in [9.17, 15) is 19.5 Å². The number of ether oxygens (including phenoxy) is 4. The molecule has 9 heteroatoms. The van der Waals surface area contributed by atoms with Gasteiger partial charge in [0.15, 0.2) is 6.10 Å². The first kappa shape index (κ1) is 92.7. The van der Waals surface area contributed by atoms with E-state index in [4.69, 9.17) is 18.9 Å². The third-order valence-corrected chi connectivity index (χ3v) is 17.7. The highest BCUT2D eigenvalue weighted by molar-refractivity contribution is 5.71. The number of allylic oxidation sites excluding steroid dienone is 20. The molecule has 1 N–H and O–H groups in total. The number of carbonyl (C=O) groups excluding carboxylic acids is 2. The summed E-state index contributed by atoms with van der Waals surface area (Å²) in [6.07, 6.45) is 108. The van der Waals surface area contributed by atoms with Gasteiger partial charge in [-0.1, -0.05) is 367 Å². The van der Waals surface area contributed by atoms with Gasteiger partial charge >= 0.3 is 17.9 Å². The molecular formula is C88H154NO8+. The highest BCUT2D eigenvalue weighted by atomic mass is 16.7. The van der Waals surface area contributed by atoms with Gasteiger partial charge in [0, 0.05) is 12.8 Å². The molecule has 0 fully saturated rings. The van der Waals surface area contributed by atoms with Crippen LogP contribution in [0.3, 0.4) is 0 Å². The Morgan fingerprint density at radius 3 is 0.825 bits per heavy atom. The van der Waals surface area contributed by atoms with Crippen molar-refractivity contribution < 1.29 is 42.9 Å². The molecule has 0 aliphatic carbocycles. The molecule has 2 unspecified atom stereocenters. The number of nitrogens with zero attached hydrogens (tertiary/aromatic N) is 1. The van der Waals surface area contributed by atoms with Gasteiger partial charge in [-0.25, -0.2) is 4.79 Å². The second-order valence-corrected chi connectivity index (χ2v) is 28.3. The fraction of sp³-hybridized carbons (Fsp3) is 0.739. The van der Waals surface area contributed by atoms with E-state index < -0.39 is 18.4 Å². The standard InChI is InChI=1S/C88H153NO8/c1-6-8-10-12-14-16-18-20-22-24-26-28-30-32-34-36-38-40-42-43-45-47-49-51-53-55-57-59-61-63-65-67-69-71-73-75-77-79-86(91)97-84(83-96-88(87(92)93)94-81-80-89(3,4)5)82-95-85(90)78-76-74-72-70-68-66-64-62-60-58-56-54-52-50-48-46-44-41-39-37-35-33-31-29-27-25-23-21-19-17-15-13-11-9-7-2/h8-11,14-17,20-23,26-29,32,34,38,40,84,88H,6-7,12-13,18-19,24-25,30-31,33,35-37,39,41-83H2,1-5H3/p+1/b10-8-,11-9-,16-14-,17-15-,22-20-,23-21-,28-26-,29-27-,34-32-,40-38-. The van der Waals surface area contributed by atoms with Gasteiger partial charge in [0.05, 0.1) is 34.4 Å². The number of aliphatic carboxylic acids is 1. The summed E-state index contributed by atoms with van der Waals surface area (Å²) in [5.41, 5.74) is 0. The van der Waals surface area contributed by atoms with E-state index in [2.05, 4.69) is 135 Å². The molecular weight excluding hydrogens is 1200 g/mol. The maximum absolute atomic E-state index is 13.0. The van der Waals surface area contributed by atoms with E-state index in [1.807, 2.05) is 21.1 Å².